The molecule has 11 atom stereocenters. The van der Waals surface area contributed by atoms with Gasteiger partial charge in [0.1, 0.15) is 42.7 Å². The van der Waals surface area contributed by atoms with Gasteiger partial charge < -0.3 is 49.6 Å². The number of rotatable bonds is 8. The molecule has 0 bridgehead atoms. The molecule has 0 aromatic rings. The third kappa shape index (κ3) is 6.67. The second kappa shape index (κ2) is 11.6. The Bertz CT molecular complexity index is 756. The van der Waals surface area contributed by atoms with Gasteiger partial charge in [0.05, 0.1) is 19.3 Å². The second-order valence-corrected chi connectivity index (χ2v) is 10.7. The number of aliphatic hydroxyl groups is 6. The van der Waals surface area contributed by atoms with Crippen LogP contribution in [0.3, 0.4) is 0 Å². The molecule has 0 saturated carbocycles. The first-order valence-corrected chi connectivity index (χ1v) is 12.2. The minimum atomic E-state index is -1.56. The van der Waals surface area contributed by atoms with E-state index in [9.17, 15) is 35.4 Å². The third-order valence-electron chi connectivity index (χ3n) is 7.29. The van der Waals surface area contributed by atoms with Gasteiger partial charge in [-0.1, -0.05) is 19.4 Å². The SMILES string of the molecule is CC1=CC(=O)CC(C)(C)[C@H]1CC[C@@H](C)O[C@@H]1O[C@H](CO[C@@H]2OC[C@@H](O)[C@H](O)[C@H]2O)[C@@H](O)[C@H](O)[C@H]1O. The monoisotopic (exact) mass is 504 g/mol. The molecule has 11 nitrogen and oxygen atoms in total. The van der Waals surface area contributed by atoms with E-state index in [0.717, 1.165) is 12.0 Å². The van der Waals surface area contributed by atoms with Crippen molar-refractivity contribution in [2.75, 3.05) is 13.2 Å². The van der Waals surface area contributed by atoms with E-state index in [1.807, 2.05) is 13.8 Å². The number of ketones is 1. The first kappa shape index (κ1) is 28.6. The molecule has 2 heterocycles. The highest BCUT2D eigenvalue weighted by atomic mass is 16.7. The summed E-state index contributed by atoms with van der Waals surface area (Å²) in [6.45, 7) is 7.33. The fourth-order valence-corrected chi connectivity index (χ4v) is 5.19. The standard InChI is InChI=1S/C24H40O11/c1-11-7-13(25)8-24(3,4)14(11)6-5-12(2)34-23-21(31)19(29)18(28)16(35-23)10-33-22-20(30)17(27)15(26)9-32-22/h7,12,14-23,26-31H,5-6,8-10H2,1-4H3/t12-,14+,15-,16-,17+,18-,19+,20-,21-,22+,23-/m1/s1. The smallest absolute Gasteiger partial charge is 0.186 e. The zero-order valence-corrected chi connectivity index (χ0v) is 20.7. The lowest BCUT2D eigenvalue weighted by molar-refractivity contribution is -0.327. The highest BCUT2D eigenvalue weighted by Crippen LogP contribution is 2.42. The summed E-state index contributed by atoms with van der Waals surface area (Å²) >= 11 is 0. The lowest BCUT2D eigenvalue weighted by Crippen LogP contribution is -2.60. The lowest BCUT2D eigenvalue weighted by atomic mass is 9.66. The quantitative estimate of drug-likeness (QED) is 0.239. The molecular weight excluding hydrogens is 464 g/mol. The van der Waals surface area contributed by atoms with Crippen LogP contribution in [0.25, 0.3) is 0 Å². The van der Waals surface area contributed by atoms with Crippen molar-refractivity contribution in [1.82, 2.24) is 0 Å². The van der Waals surface area contributed by atoms with E-state index in [4.69, 9.17) is 18.9 Å². The number of ether oxygens (including phenoxy) is 4. The van der Waals surface area contributed by atoms with Crippen molar-refractivity contribution in [3.63, 3.8) is 0 Å². The van der Waals surface area contributed by atoms with Gasteiger partial charge in [-0.2, -0.15) is 0 Å². The molecule has 0 radical (unpaired) electrons. The number of aliphatic hydroxyl groups excluding tert-OH is 6. The van der Waals surface area contributed by atoms with Crippen molar-refractivity contribution in [2.24, 2.45) is 11.3 Å². The maximum atomic E-state index is 11.9. The van der Waals surface area contributed by atoms with Gasteiger partial charge in [0.15, 0.2) is 18.4 Å². The molecule has 1 aliphatic carbocycles. The summed E-state index contributed by atoms with van der Waals surface area (Å²) in [5.41, 5.74) is 0.863. The van der Waals surface area contributed by atoms with Crippen molar-refractivity contribution in [1.29, 1.82) is 0 Å². The lowest BCUT2D eigenvalue weighted by Gasteiger charge is -2.42. The molecular formula is C24H40O11. The van der Waals surface area contributed by atoms with E-state index < -0.39 is 55.3 Å². The van der Waals surface area contributed by atoms with E-state index in [2.05, 4.69) is 13.8 Å². The molecule has 3 aliphatic rings. The van der Waals surface area contributed by atoms with Crippen LogP contribution in [0, 0.1) is 11.3 Å². The zero-order valence-electron chi connectivity index (χ0n) is 20.7. The van der Waals surface area contributed by atoms with Gasteiger partial charge in [-0.3, -0.25) is 4.79 Å². The van der Waals surface area contributed by atoms with E-state index in [0.29, 0.717) is 12.8 Å². The summed E-state index contributed by atoms with van der Waals surface area (Å²) in [6, 6.07) is 0. The first-order valence-electron chi connectivity index (χ1n) is 12.2. The molecule has 0 spiro atoms. The summed E-state index contributed by atoms with van der Waals surface area (Å²) in [5, 5.41) is 60.4. The second-order valence-electron chi connectivity index (χ2n) is 10.7. The van der Waals surface area contributed by atoms with E-state index in [1.165, 1.54) is 0 Å². The van der Waals surface area contributed by atoms with Gasteiger partial charge in [-0.25, -0.2) is 0 Å². The molecule has 2 fully saturated rings. The fraction of sp³-hybridized carbons (Fsp3) is 0.875. The van der Waals surface area contributed by atoms with Crippen molar-refractivity contribution in [3.8, 4) is 0 Å². The van der Waals surface area contributed by atoms with Gasteiger partial charge in [-0.05, 0) is 44.1 Å². The summed E-state index contributed by atoms with van der Waals surface area (Å²) < 4.78 is 22.1. The number of hydrogen-bond donors (Lipinski definition) is 6. The van der Waals surface area contributed by atoms with Crippen LogP contribution in [-0.2, 0) is 23.7 Å². The maximum absolute atomic E-state index is 11.9. The molecule has 2 aliphatic heterocycles. The minimum absolute atomic E-state index is 0.129. The average molecular weight is 505 g/mol. The number of carbonyl (C=O) groups excluding carboxylic acids is 1. The van der Waals surface area contributed by atoms with Crippen LogP contribution < -0.4 is 0 Å². The maximum Gasteiger partial charge on any atom is 0.186 e. The minimum Gasteiger partial charge on any atom is -0.388 e. The average Bonchev–Trinajstić information content (AvgIpc) is 2.76. The Morgan fingerprint density at radius 2 is 1.69 bits per heavy atom. The van der Waals surface area contributed by atoms with E-state index in [1.54, 1.807) is 6.08 Å². The van der Waals surface area contributed by atoms with Crippen molar-refractivity contribution in [2.45, 2.75) is 108 Å². The van der Waals surface area contributed by atoms with Gasteiger partial charge in [-0.15, -0.1) is 0 Å². The van der Waals surface area contributed by atoms with Crippen LogP contribution in [0.4, 0.5) is 0 Å². The van der Waals surface area contributed by atoms with Crippen LogP contribution in [0.1, 0.15) is 47.0 Å². The Balaban J connectivity index is 1.55. The van der Waals surface area contributed by atoms with E-state index in [-0.39, 0.29) is 36.4 Å². The van der Waals surface area contributed by atoms with Crippen molar-refractivity contribution in [3.05, 3.63) is 11.6 Å². The van der Waals surface area contributed by atoms with Crippen molar-refractivity contribution < 1.29 is 54.4 Å². The predicted octanol–water partition coefficient (Wildman–Crippen LogP) is -1.00. The van der Waals surface area contributed by atoms with Crippen molar-refractivity contribution >= 4 is 5.78 Å². The molecule has 0 aromatic heterocycles. The summed E-state index contributed by atoms with van der Waals surface area (Å²) in [4.78, 5) is 11.9. The number of carbonyl (C=O) groups is 1. The highest BCUT2D eigenvalue weighted by Gasteiger charge is 2.46. The molecule has 11 heteroatoms. The molecule has 2 saturated heterocycles. The summed E-state index contributed by atoms with van der Waals surface area (Å²) in [5.74, 6) is 0.331. The van der Waals surface area contributed by atoms with Gasteiger partial charge >= 0.3 is 0 Å². The van der Waals surface area contributed by atoms with Gasteiger partial charge in [0, 0.05) is 6.42 Å². The summed E-state index contributed by atoms with van der Waals surface area (Å²) in [7, 11) is 0. The van der Waals surface area contributed by atoms with Gasteiger partial charge in [0.2, 0.25) is 0 Å². The Morgan fingerprint density at radius 1 is 1.03 bits per heavy atom. The third-order valence-corrected chi connectivity index (χ3v) is 7.29. The zero-order chi connectivity index (χ0) is 26.1. The molecule has 0 amide bonds. The summed E-state index contributed by atoms with van der Waals surface area (Å²) in [6.07, 6.45) is -9.21. The Morgan fingerprint density at radius 3 is 2.34 bits per heavy atom. The normalized spacial score (nSPS) is 43.0. The number of hydrogen-bond acceptors (Lipinski definition) is 11. The van der Waals surface area contributed by atoms with Crippen LogP contribution >= 0.6 is 0 Å². The predicted molar refractivity (Wildman–Crippen MR) is 121 cm³/mol. The molecule has 0 aromatic carbocycles. The number of allylic oxidation sites excluding steroid dienone is 2. The Kier molecular flexibility index (Phi) is 9.47. The van der Waals surface area contributed by atoms with Crippen LogP contribution in [0.15, 0.2) is 11.6 Å². The van der Waals surface area contributed by atoms with Crippen LogP contribution in [0.5, 0.6) is 0 Å². The van der Waals surface area contributed by atoms with E-state index >= 15 is 0 Å². The Labute approximate surface area is 205 Å². The molecule has 6 N–H and O–H groups in total. The largest absolute Gasteiger partial charge is 0.388 e. The fourth-order valence-electron chi connectivity index (χ4n) is 5.19. The topological polar surface area (TPSA) is 175 Å². The van der Waals surface area contributed by atoms with Crippen LogP contribution in [-0.4, -0.2) is 111 Å². The molecule has 35 heavy (non-hydrogen) atoms. The molecule has 3 rings (SSSR count). The van der Waals surface area contributed by atoms with Gasteiger partial charge in [0.25, 0.3) is 0 Å². The highest BCUT2D eigenvalue weighted by molar-refractivity contribution is 5.91. The first-order chi connectivity index (χ1) is 16.3. The molecule has 0 unspecified atom stereocenters. The molecule has 202 valence electrons. The van der Waals surface area contributed by atoms with Crippen LogP contribution in [0.2, 0.25) is 0 Å². The Hall–Kier alpha value is -0.990.